The van der Waals surface area contributed by atoms with Crippen molar-refractivity contribution in [3.8, 4) is 5.75 Å². The largest absolute Gasteiger partial charge is 0.506 e. The van der Waals surface area contributed by atoms with Gasteiger partial charge in [-0.15, -0.1) is 0 Å². The molecule has 2 N–H and O–H groups in total. The van der Waals surface area contributed by atoms with Gasteiger partial charge in [-0.1, -0.05) is 19.8 Å². The number of rotatable bonds is 4. The molecule has 1 heterocycles. The van der Waals surface area contributed by atoms with Crippen LogP contribution in [0.25, 0.3) is 0 Å². The fraction of sp³-hybridized carbons (Fsp3) is 0.625. The van der Waals surface area contributed by atoms with E-state index in [4.69, 9.17) is 0 Å². The summed E-state index contributed by atoms with van der Waals surface area (Å²) in [6.45, 7) is 2.90. The number of carbonyl (C=O) groups excluding carboxylic acids is 1. The second-order valence-corrected chi connectivity index (χ2v) is 6.43. The summed E-state index contributed by atoms with van der Waals surface area (Å²) >= 11 is 0. The summed E-state index contributed by atoms with van der Waals surface area (Å²) in [5.41, 5.74) is 0.421. The molecule has 1 aromatic heterocycles. The van der Waals surface area contributed by atoms with Crippen LogP contribution in [0.2, 0.25) is 0 Å². The highest BCUT2D eigenvalue weighted by atomic mass is 16.3. The Bertz CT molecular complexity index is 504. The number of carbonyl (C=O) groups is 1. The fourth-order valence-corrected chi connectivity index (χ4v) is 3.26. The summed E-state index contributed by atoms with van der Waals surface area (Å²) in [4.78, 5) is 18.3. The van der Waals surface area contributed by atoms with E-state index in [1.807, 2.05) is 0 Å². The molecular weight excluding hydrogens is 266 g/mol. The highest BCUT2D eigenvalue weighted by molar-refractivity contribution is 5.94. The van der Waals surface area contributed by atoms with Crippen LogP contribution < -0.4 is 5.32 Å². The van der Waals surface area contributed by atoms with Crippen LogP contribution >= 0.6 is 0 Å². The molecule has 5 nitrogen and oxygen atoms in total. The standard InChI is InChI=1S/C16H25N3O2/c1-12-5-4-6-16(8-12,19(2)3)11-18-15(21)13-7-14(20)10-17-9-13/h7,9-10,12,20H,4-6,8,11H2,1-3H3,(H,18,21). The summed E-state index contributed by atoms with van der Waals surface area (Å²) in [7, 11) is 4.17. The van der Waals surface area contributed by atoms with Crippen LogP contribution in [0.5, 0.6) is 5.75 Å². The Kier molecular flexibility index (Phi) is 4.83. The van der Waals surface area contributed by atoms with Gasteiger partial charge in [-0.3, -0.25) is 9.78 Å². The van der Waals surface area contributed by atoms with Gasteiger partial charge in [-0.25, -0.2) is 0 Å². The van der Waals surface area contributed by atoms with Crippen molar-refractivity contribution in [3.63, 3.8) is 0 Å². The molecule has 0 saturated heterocycles. The van der Waals surface area contributed by atoms with E-state index in [0.717, 1.165) is 12.8 Å². The van der Waals surface area contributed by atoms with Gasteiger partial charge in [-0.2, -0.15) is 0 Å². The summed E-state index contributed by atoms with van der Waals surface area (Å²) in [5.74, 6) is 0.509. The van der Waals surface area contributed by atoms with Gasteiger partial charge in [-0.05, 0) is 38.9 Å². The van der Waals surface area contributed by atoms with Crippen molar-refractivity contribution >= 4 is 5.91 Å². The minimum atomic E-state index is -0.183. The molecule has 1 fully saturated rings. The van der Waals surface area contributed by atoms with Crippen LogP contribution in [0.15, 0.2) is 18.5 Å². The zero-order chi connectivity index (χ0) is 15.5. The van der Waals surface area contributed by atoms with Crippen LogP contribution in [0, 0.1) is 5.92 Å². The lowest BCUT2D eigenvalue weighted by Gasteiger charge is -2.45. The maximum Gasteiger partial charge on any atom is 0.253 e. The van der Waals surface area contributed by atoms with Gasteiger partial charge in [0.25, 0.3) is 5.91 Å². The Hall–Kier alpha value is -1.62. The lowest BCUT2D eigenvalue weighted by molar-refractivity contribution is 0.0675. The van der Waals surface area contributed by atoms with Gasteiger partial charge in [0, 0.05) is 18.3 Å². The van der Waals surface area contributed by atoms with E-state index in [0.29, 0.717) is 18.0 Å². The number of nitrogens with one attached hydrogen (secondary N) is 1. The number of hydrogen-bond donors (Lipinski definition) is 2. The van der Waals surface area contributed by atoms with Crippen LogP contribution in [-0.4, -0.2) is 47.1 Å². The molecule has 2 unspecified atom stereocenters. The molecule has 0 spiro atoms. The molecule has 2 rings (SSSR count). The molecule has 1 aliphatic rings. The number of likely N-dealkylation sites (N-methyl/N-ethyl adjacent to an activating group) is 1. The van der Waals surface area contributed by atoms with E-state index in [2.05, 4.69) is 36.2 Å². The third-order valence-electron chi connectivity index (χ3n) is 4.58. The Labute approximate surface area is 126 Å². The molecule has 1 saturated carbocycles. The van der Waals surface area contributed by atoms with E-state index in [-0.39, 0.29) is 17.2 Å². The van der Waals surface area contributed by atoms with Crippen molar-refractivity contribution in [2.24, 2.45) is 5.92 Å². The number of amides is 1. The van der Waals surface area contributed by atoms with Crippen molar-refractivity contribution in [1.82, 2.24) is 15.2 Å². The molecule has 2 atom stereocenters. The van der Waals surface area contributed by atoms with Gasteiger partial charge in [0.15, 0.2) is 0 Å². The maximum atomic E-state index is 12.2. The van der Waals surface area contributed by atoms with Gasteiger partial charge in [0.1, 0.15) is 5.75 Å². The number of hydrogen-bond acceptors (Lipinski definition) is 4. The number of nitrogens with zero attached hydrogens (tertiary/aromatic N) is 2. The van der Waals surface area contributed by atoms with Crippen LogP contribution in [-0.2, 0) is 0 Å². The van der Waals surface area contributed by atoms with Gasteiger partial charge in [0.2, 0.25) is 0 Å². The van der Waals surface area contributed by atoms with Gasteiger partial charge in [0.05, 0.1) is 11.8 Å². The first-order valence-corrected chi connectivity index (χ1v) is 7.52. The topological polar surface area (TPSA) is 65.5 Å². The first-order chi connectivity index (χ1) is 9.93. The molecule has 0 aliphatic heterocycles. The predicted molar refractivity (Wildman–Crippen MR) is 82.3 cm³/mol. The van der Waals surface area contributed by atoms with E-state index in [9.17, 15) is 9.90 Å². The van der Waals surface area contributed by atoms with Gasteiger partial charge >= 0.3 is 0 Å². The lowest BCUT2D eigenvalue weighted by atomic mass is 9.75. The summed E-state index contributed by atoms with van der Waals surface area (Å²) in [5, 5.41) is 12.4. The summed E-state index contributed by atoms with van der Waals surface area (Å²) in [6, 6.07) is 1.44. The van der Waals surface area contributed by atoms with Crippen molar-refractivity contribution in [2.45, 2.75) is 38.1 Å². The van der Waals surface area contributed by atoms with Crippen molar-refractivity contribution in [2.75, 3.05) is 20.6 Å². The SMILES string of the molecule is CC1CCCC(CNC(=O)c2cncc(O)c2)(N(C)C)C1. The number of pyridine rings is 1. The second-order valence-electron chi connectivity index (χ2n) is 6.43. The Balaban J connectivity index is 2.03. The number of aromatic nitrogens is 1. The van der Waals surface area contributed by atoms with Crippen molar-refractivity contribution < 1.29 is 9.90 Å². The summed E-state index contributed by atoms with van der Waals surface area (Å²) in [6.07, 6.45) is 7.45. The molecule has 0 radical (unpaired) electrons. The lowest BCUT2D eigenvalue weighted by Crippen LogP contribution is -2.55. The highest BCUT2D eigenvalue weighted by Crippen LogP contribution is 2.35. The zero-order valence-electron chi connectivity index (χ0n) is 13.1. The normalized spacial score (nSPS) is 25.8. The van der Waals surface area contributed by atoms with Crippen LogP contribution in [0.4, 0.5) is 0 Å². The second kappa shape index (κ2) is 6.43. The molecule has 21 heavy (non-hydrogen) atoms. The fourth-order valence-electron chi connectivity index (χ4n) is 3.26. The average Bonchev–Trinajstić information content (AvgIpc) is 2.44. The van der Waals surface area contributed by atoms with E-state index in [1.54, 1.807) is 0 Å². The monoisotopic (exact) mass is 291 g/mol. The molecule has 5 heteroatoms. The summed E-state index contributed by atoms with van der Waals surface area (Å²) < 4.78 is 0. The highest BCUT2D eigenvalue weighted by Gasteiger charge is 2.37. The van der Waals surface area contributed by atoms with Crippen molar-refractivity contribution in [1.29, 1.82) is 0 Å². The molecular formula is C16H25N3O2. The van der Waals surface area contributed by atoms with Crippen LogP contribution in [0.3, 0.4) is 0 Å². The molecule has 1 aromatic rings. The minimum Gasteiger partial charge on any atom is -0.506 e. The molecule has 1 amide bonds. The third-order valence-corrected chi connectivity index (χ3v) is 4.58. The molecule has 1 aliphatic carbocycles. The third kappa shape index (κ3) is 3.73. The first-order valence-electron chi connectivity index (χ1n) is 7.52. The molecule has 0 bridgehead atoms. The Morgan fingerprint density at radius 2 is 2.29 bits per heavy atom. The first kappa shape index (κ1) is 15.8. The van der Waals surface area contributed by atoms with Crippen LogP contribution in [0.1, 0.15) is 43.0 Å². The van der Waals surface area contributed by atoms with E-state index in [1.165, 1.54) is 31.3 Å². The maximum absolute atomic E-state index is 12.2. The zero-order valence-corrected chi connectivity index (χ0v) is 13.1. The molecule has 116 valence electrons. The smallest absolute Gasteiger partial charge is 0.253 e. The predicted octanol–water partition coefficient (Wildman–Crippen LogP) is 2.03. The quantitative estimate of drug-likeness (QED) is 0.891. The van der Waals surface area contributed by atoms with E-state index < -0.39 is 0 Å². The van der Waals surface area contributed by atoms with E-state index >= 15 is 0 Å². The number of aromatic hydroxyl groups is 1. The minimum absolute atomic E-state index is 0.0104. The molecule has 0 aromatic carbocycles. The Morgan fingerprint density at radius 3 is 2.90 bits per heavy atom. The van der Waals surface area contributed by atoms with Crippen molar-refractivity contribution in [3.05, 3.63) is 24.0 Å². The Morgan fingerprint density at radius 1 is 1.52 bits per heavy atom. The average molecular weight is 291 g/mol. The van der Waals surface area contributed by atoms with Gasteiger partial charge < -0.3 is 15.3 Å².